The summed E-state index contributed by atoms with van der Waals surface area (Å²) < 4.78 is 0. The van der Waals surface area contributed by atoms with Crippen LogP contribution in [-0.4, -0.2) is 38.2 Å². The Kier molecular flexibility index (Phi) is 3.62. The highest BCUT2D eigenvalue weighted by atomic mass is 15.1. The van der Waals surface area contributed by atoms with Crippen LogP contribution in [0.15, 0.2) is 18.5 Å². The molecule has 0 spiro atoms. The molecule has 0 bridgehead atoms. The summed E-state index contributed by atoms with van der Waals surface area (Å²) in [5.74, 6) is 0. The molecule has 0 aromatic carbocycles. The molecule has 1 aromatic heterocycles. The molecule has 2 N–H and O–H groups in total. The molecular formula is C12H20N4. The van der Waals surface area contributed by atoms with E-state index in [0.29, 0.717) is 6.04 Å². The number of aromatic nitrogens is 1. The van der Waals surface area contributed by atoms with Gasteiger partial charge in [0.05, 0.1) is 17.6 Å². The fourth-order valence-corrected chi connectivity index (χ4v) is 2.07. The summed E-state index contributed by atoms with van der Waals surface area (Å²) in [7, 11) is 4.12. The quantitative estimate of drug-likeness (QED) is 0.806. The van der Waals surface area contributed by atoms with Crippen molar-refractivity contribution in [3.8, 4) is 0 Å². The summed E-state index contributed by atoms with van der Waals surface area (Å²) in [5, 5.41) is 6.96. The maximum atomic E-state index is 4.19. The highest BCUT2D eigenvalue weighted by Crippen LogP contribution is 2.24. The third-order valence-corrected chi connectivity index (χ3v) is 2.98. The average Bonchev–Trinajstić information content (AvgIpc) is 2.31. The molecule has 1 saturated heterocycles. The summed E-state index contributed by atoms with van der Waals surface area (Å²) in [6.45, 7) is 2.21. The lowest BCUT2D eigenvalue weighted by Crippen LogP contribution is -2.35. The first-order chi connectivity index (χ1) is 7.77. The number of hydrogen-bond acceptors (Lipinski definition) is 4. The van der Waals surface area contributed by atoms with Crippen LogP contribution in [0.4, 0.5) is 11.4 Å². The molecule has 0 amide bonds. The molecule has 2 rings (SSSR count). The maximum absolute atomic E-state index is 4.19. The van der Waals surface area contributed by atoms with Gasteiger partial charge in [-0.05, 0) is 32.0 Å². The molecule has 88 valence electrons. The Bertz CT molecular complexity index is 332. The average molecular weight is 220 g/mol. The molecule has 0 atom stereocenters. The van der Waals surface area contributed by atoms with E-state index in [1.807, 2.05) is 18.5 Å². The van der Waals surface area contributed by atoms with E-state index >= 15 is 0 Å². The van der Waals surface area contributed by atoms with Gasteiger partial charge in [-0.25, -0.2) is 0 Å². The fraction of sp³-hybridized carbons (Fsp3) is 0.583. The summed E-state index contributed by atoms with van der Waals surface area (Å²) in [6.07, 6.45) is 6.11. The molecule has 1 fully saturated rings. The van der Waals surface area contributed by atoms with E-state index in [1.165, 1.54) is 18.5 Å². The molecular weight excluding hydrogens is 200 g/mol. The number of anilines is 2. The van der Waals surface area contributed by atoms with Gasteiger partial charge in [-0.15, -0.1) is 0 Å². The number of hydrogen-bond donors (Lipinski definition) is 2. The normalized spacial score (nSPS) is 17.1. The minimum Gasteiger partial charge on any atom is -0.379 e. The molecule has 0 radical (unpaired) electrons. The molecule has 1 aliphatic rings. The van der Waals surface area contributed by atoms with E-state index in [2.05, 4.69) is 34.6 Å². The SMILES string of the molecule is CN(C)c1ccncc1NC1CCNCC1. The topological polar surface area (TPSA) is 40.2 Å². The molecule has 4 heteroatoms. The maximum Gasteiger partial charge on any atom is 0.0766 e. The zero-order valence-corrected chi connectivity index (χ0v) is 10.0. The van der Waals surface area contributed by atoms with Crippen molar-refractivity contribution in [1.82, 2.24) is 10.3 Å². The number of nitrogens with one attached hydrogen (secondary N) is 2. The Morgan fingerprint density at radius 2 is 2.12 bits per heavy atom. The lowest BCUT2D eigenvalue weighted by atomic mass is 10.1. The summed E-state index contributed by atoms with van der Waals surface area (Å²) >= 11 is 0. The Hall–Kier alpha value is -1.29. The monoisotopic (exact) mass is 220 g/mol. The minimum atomic E-state index is 0.573. The Balaban J connectivity index is 2.07. The third kappa shape index (κ3) is 2.64. The molecule has 0 aliphatic carbocycles. The van der Waals surface area contributed by atoms with Crippen LogP contribution < -0.4 is 15.5 Å². The number of nitrogens with zero attached hydrogens (tertiary/aromatic N) is 2. The van der Waals surface area contributed by atoms with E-state index in [-0.39, 0.29) is 0 Å². The second-order valence-electron chi connectivity index (χ2n) is 4.46. The third-order valence-electron chi connectivity index (χ3n) is 2.98. The van der Waals surface area contributed by atoms with Crippen molar-refractivity contribution in [3.05, 3.63) is 18.5 Å². The number of rotatable bonds is 3. The van der Waals surface area contributed by atoms with Crippen LogP contribution in [-0.2, 0) is 0 Å². The van der Waals surface area contributed by atoms with Crippen LogP contribution in [0.25, 0.3) is 0 Å². The van der Waals surface area contributed by atoms with Gasteiger partial charge in [-0.3, -0.25) is 4.98 Å². The van der Waals surface area contributed by atoms with Crippen molar-refractivity contribution in [2.75, 3.05) is 37.4 Å². The molecule has 1 aliphatic heterocycles. The molecule has 0 unspecified atom stereocenters. The molecule has 2 heterocycles. The Morgan fingerprint density at radius 1 is 1.38 bits per heavy atom. The van der Waals surface area contributed by atoms with Crippen LogP contribution in [0, 0.1) is 0 Å². The van der Waals surface area contributed by atoms with E-state index < -0.39 is 0 Å². The molecule has 0 saturated carbocycles. The van der Waals surface area contributed by atoms with Gasteiger partial charge in [-0.2, -0.15) is 0 Å². The van der Waals surface area contributed by atoms with Crippen molar-refractivity contribution >= 4 is 11.4 Å². The standard InChI is InChI=1S/C12H20N4/c1-16(2)12-5-8-14-9-11(12)15-10-3-6-13-7-4-10/h5,8-10,13,15H,3-4,6-7H2,1-2H3. The minimum absolute atomic E-state index is 0.573. The van der Waals surface area contributed by atoms with Gasteiger partial charge in [0.1, 0.15) is 0 Å². The largest absolute Gasteiger partial charge is 0.379 e. The first kappa shape index (κ1) is 11.2. The highest BCUT2D eigenvalue weighted by Gasteiger charge is 2.14. The van der Waals surface area contributed by atoms with Crippen molar-refractivity contribution < 1.29 is 0 Å². The number of pyridine rings is 1. The van der Waals surface area contributed by atoms with E-state index in [9.17, 15) is 0 Å². The predicted molar refractivity (Wildman–Crippen MR) is 68.1 cm³/mol. The fourth-order valence-electron chi connectivity index (χ4n) is 2.07. The number of piperidine rings is 1. The molecule has 1 aromatic rings. The second kappa shape index (κ2) is 5.16. The first-order valence-corrected chi connectivity index (χ1v) is 5.86. The summed E-state index contributed by atoms with van der Waals surface area (Å²) in [4.78, 5) is 6.30. The van der Waals surface area contributed by atoms with Crippen LogP contribution in [0.1, 0.15) is 12.8 Å². The van der Waals surface area contributed by atoms with Crippen molar-refractivity contribution in [3.63, 3.8) is 0 Å². The van der Waals surface area contributed by atoms with Gasteiger partial charge in [0.25, 0.3) is 0 Å². The lowest BCUT2D eigenvalue weighted by molar-refractivity contribution is 0.479. The van der Waals surface area contributed by atoms with E-state index in [4.69, 9.17) is 0 Å². The zero-order valence-electron chi connectivity index (χ0n) is 10.0. The van der Waals surface area contributed by atoms with E-state index in [1.54, 1.807) is 0 Å². The predicted octanol–water partition coefficient (Wildman–Crippen LogP) is 1.31. The first-order valence-electron chi connectivity index (χ1n) is 5.86. The van der Waals surface area contributed by atoms with Gasteiger partial charge in [-0.1, -0.05) is 0 Å². The highest BCUT2D eigenvalue weighted by molar-refractivity contribution is 5.68. The van der Waals surface area contributed by atoms with Gasteiger partial charge >= 0.3 is 0 Å². The summed E-state index contributed by atoms with van der Waals surface area (Å²) in [5.41, 5.74) is 2.34. The Morgan fingerprint density at radius 3 is 2.81 bits per heavy atom. The van der Waals surface area contributed by atoms with Crippen molar-refractivity contribution in [1.29, 1.82) is 0 Å². The second-order valence-corrected chi connectivity index (χ2v) is 4.46. The Labute approximate surface area is 97.1 Å². The van der Waals surface area contributed by atoms with Crippen molar-refractivity contribution in [2.24, 2.45) is 0 Å². The molecule has 16 heavy (non-hydrogen) atoms. The zero-order chi connectivity index (χ0) is 11.4. The van der Waals surface area contributed by atoms with Gasteiger partial charge < -0.3 is 15.5 Å². The lowest BCUT2D eigenvalue weighted by Gasteiger charge is -2.27. The van der Waals surface area contributed by atoms with E-state index in [0.717, 1.165) is 18.8 Å². The van der Waals surface area contributed by atoms with Gasteiger partial charge in [0.15, 0.2) is 0 Å². The van der Waals surface area contributed by atoms with Crippen molar-refractivity contribution in [2.45, 2.75) is 18.9 Å². The van der Waals surface area contributed by atoms with Crippen LogP contribution in [0.5, 0.6) is 0 Å². The summed E-state index contributed by atoms with van der Waals surface area (Å²) in [6, 6.07) is 2.62. The smallest absolute Gasteiger partial charge is 0.0766 e. The van der Waals surface area contributed by atoms with Crippen LogP contribution >= 0.6 is 0 Å². The van der Waals surface area contributed by atoms with Crippen LogP contribution in [0.3, 0.4) is 0 Å². The van der Waals surface area contributed by atoms with Gasteiger partial charge in [0.2, 0.25) is 0 Å². The van der Waals surface area contributed by atoms with Gasteiger partial charge in [0, 0.05) is 26.3 Å². The van der Waals surface area contributed by atoms with Crippen LogP contribution in [0.2, 0.25) is 0 Å². The molecule has 4 nitrogen and oxygen atoms in total.